The number of anilines is 1. The first kappa shape index (κ1) is 20.8. The number of nitrogens with zero attached hydrogens (tertiary/aromatic N) is 5. The highest BCUT2D eigenvalue weighted by molar-refractivity contribution is 5.77. The van der Waals surface area contributed by atoms with Crippen molar-refractivity contribution in [2.45, 2.75) is 39.2 Å². The fraction of sp³-hybridized carbons (Fsp3) is 0.542. The number of hydrogen-bond acceptors (Lipinski definition) is 5. The van der Waals surface area contributed by atoms with Crippen LogP contribution in [0.3, 0.4) is 0 Å². The molecule has 0 radical (unpaired) electrons. The van der Waals surface area contributed by atoms with E-state index in [0.717, 1.165) is 62.9 Å². The average molecular weight is 408 g/mol. The van der Waals surface area contributed by atoms with E-state index in [1.165, 1.54) is 5.56 Å². The molecule has 2 saturated heterocycles. The van der Waals surface area contributed by atoms with Crippen LogP contribution in [0.1, 0.15) is 42.3 Å². The van der Waals surface area contributed by atoms with E-state index in [-0.39, 0.29) is 6.04 Å². The zero-order valence-electron chi connectivity index (χ0n) is 18.4. The lowest BCUT2D eigenvalue weighted by Gasteiger charge is -2.41. The molecule has 6 heteroatoms. The average Bonchev–Trinajstić information content (AvgIpc) is 2.74. The van der Waals surface area contributed by atoms with Crippen LogP contribution >= 0.6 is 0 Å². The van der Waals surface area contributed by atoms with Crippen LogP contribution in [-0.2, 0) is 4.79 Å². The van der Waals surface area contributed by atoms with Gasteiger partial charge in [0.1, 0.15) is 0 Å². The van der Waals surface area contributed by atoms with Crippen LogP contribution in [0.2, 0.25) is 0 Å². The van der Waals surface area contributed by atoms with Gasteiger partial charge in [-0.3, -0.25) is 4.79 Å². The van der Waals surface area contributed by atoms with Crippen LogP contribution in [0.15, 0.2) is 36.4 Å². The van der Waals surface area contributed by atoms with Gasteiger partial charge in [-0.1, -0.05) is 30.3 Å². The number of carbonyl (C=O) groups is 1. The second kappa shape index (κ2) is 9.13. The predicted molar refractivity (Wildman–Crippen MR) is 119 cm³/mol. The largest absolute Gasteiger partial charge is 0.341 e. The fourth-order valence-corrected chi connectivity index (χ4v) is 4.73. The summed E-state index contributed by atoms with van der Waals surface area (Å²) in [6.45, 7) is 8.53. The summed E-state index contributed by atoms with van der Waals surface area (Å²) in [7, 11) is 2.14. The van der Waals surface area contributed by atoms with Gasteiger partial charge in [0.05, 0.1) is 6.04 Å². The third kappa shape index (κ3) is 4.81. The van der Waals surface area contributed by atoms with Crippen LogP contribution in [0.25, 0.3) is 0 Å². The third-order valence-corrected chi connectivity index (χ3v) is 6.42. The summed E-state index contributed by atoms with van der Waals surface area (Å²) < 4.78 is 0. The summed E-state index contributed by atoms with van der Waals surface area (Å²) in [6.07, 6.45) is 2.69. The zero-order chi connectivity index (χ0) is 21.1. The van der Waals surface area contributed by atoms with Crippen molar-refractivity contribution in [3.63, 3.8) is 0 Å². The van der Waals surface area contributed by atoms with Crippen molar-refractivity contribution in [3.8, 4) is 0 Å². The highest BCUT2D eigenvalue weighted by atomic mass is 16.2. The van der Waals surface area contributed by atoms with Gasteiger partial charge in [-0.05, 0) is 51.3 Å². The van der Waals surface area contributed by atoms with Crippen molar-refractivity contribution in [2.75, 3.05) is 44.7 Å². The highest BCUT2D eigenvalue weighted by Gasteiger charge is 2.32. The van der Waals surface area contributed by atoms with Gasteiger partial charge in [0.15, 0.2) is 0 Å². The number of benzene rings is 1. The molecule has 0 spiro atoms. The van der Waals surface area contributed by atoms with Crippen LogP contribution in [0, 0.1) is 19.8 Å². The smallest absolute Gasteiger partial charge is 0.225 e. The molecule has 3 heterocycles. The van der Waals surface area contributed by atoms with Gasteiger partial charge in [-0.15, -0.1) is 0 Å². The van der Waals surface area contributed by atoms with Gasteiger partial charge in [0.2, 0.25) is 11.9 Å². The molecule has 0 saturated carbocycles. The van der Waals surface area contributed by atoms with Gasteiger partial charge >= 0.3 is 0 Å². The molecule has 0 bridgehead atoms. The molecule has 160 valence electrons. The van der Waals surface area contributed by atoms with E-state index in [2.05, 4.69) is 56.0 Å². The van der Waals surface area contributed by atoms with Crippen molar-refractivity contribution in [1.82, 2.24) is 19.8 Å². The van der Waals surface area contributed by atoms with Gasteiger partial charge < -0.3 is 14.7 Å². The molecule has 1 aromatic heterocycles. The van der Waals surface area contributed by atoms with Gasteiger partial charge in [0, 0.05) is 50.5 Å². The molecule has 2 aromatic rings. The summed E-state index contributed by atoms with van der Waals surface area (Å²) >= 11 is 0. The SMILES string of the molecule is Cc1cc(C)nc(N2CCC(CC(=O)N3CCN(C)C[C@@H]3c3ccccc3)CC2)n1. The molecule has 2 aliphatic heterocycles. The maximum atomic E-state index is 13.3. The van der Waals surface area contributed by atoms with Crippen molar-refractivity contribution >= 4 is 11.9 Å². The maximum absolute atomic E-state index is 13.3. The second-order valence-electron chi connectivity index (χ2n) is 8.86. The maximum Gasteiger partial charge on any atom is 0.225 e. The highest BCUT2D eigenvalue weighted by Crippen LogP contribution is 2.29. The predicted octanol–water partition coefficient (Wildman–Crippen LogP) is 3.22. The van der Waals surface area contributed by atoms with E-state index in [4.69, 9.17) is 0 Å². The topological polar surface area (TPSA) is 52.6 Å². The van der Waals surface area contributed by atoms with Gasteiger partial charge in [-0.25, -0.2) is 9.97 Å². The Morgan fingerprint density at radius 2 is 1.67 bits per heavy atom. The van der Waals surface area contributed by atoms with E-state index < -0.39 is 0 Å². The lowest BCUT2D eigenvalue weighted by atomic mass is 9.92. The lowest BCUT2D eigenvalue weighted by Crippen LogP contribution is -2.50. The molecule has 30 heavy (non-hydrogen) atoms. The Balaban J connectivity index is 1.37. The Hall–Kier alpha value is -2.47. The number of piperidine rings is 1. The molecule has 0 N–H and O–H groups in total. The Bertz CT molecular complexity index is 843. The molecule has 0 aliphatic carbocycles. The second-order valence-corrected chi connectivity index (χ2v) is 8.86. The van der Waals surface area contributed by atoms with Crippen LogP contribution in [0.4, 0.5) is 5.95 Å². The minimum absolute atomic E-state index is 0.154. The molecule has 1 atom stereocenters. The van der Waals surface area contributed by atoms with E-state index >= 15 is 0 Å². The lowest BCUT2D eigenvalue weighted by molar-refractivity contribution is -0.137. The Kier molecular flexibility index (Phi) is 6.32. The number of aryl methyl sites for hydroxylation is 2. The van der Waals surface area contributed by atoms with Crippen molar-refractivity contribution in [3.05, 3.63) is 53.3 Å². The summed E-state index contributed by atoms with van der Waals surface area (Å²) in [6, 6.07) is 12.6. The molecule has 4 rings (SSSR count). The van der Waals surface area contributed by atoms with E-state index in [1.54, 1.807) is 0 Å². The standard InChI is InChI=1S/C24H33N5O/c1-18-15-19(2)26-24(25-18)28-11-9-20(10-12-28)16-23(30)29-14-13-27(3)17-22(29)21-7-5-4-6-8-21/h4-8,15,20,22H,9-14,16-17H2,1-3H3/t22-/m1/s1. The Morgan fingerprint density at radius 1 is 1.00 bits per heavy atom. The van der Waals surface area contributed by atoms with E-state index in [1.807, 2.05) is 26.0 Å². The number of rotatable bonds is 4. The van der Waals surface area contributed by atoms with E-state index in [0.29, 0.717) is 18.2 Å². The first-order valence-corrected chi connectivity index (χ1v) is 11.1. The first-order valence-electron chi connectivity index (χ1n) is 11.1. The van der Waals surface area contributed by atoms with Crippen molar-refractivity contribution < 1.29 is 4.79 Å². The summed E-state index contributed by atoms with van der Waals surface area (Å²) in [4.78, 5) is 29.2. The third-order valence-electron chi connectivity index (χ3n) is 6.42. The van der Waals surface area contributed by atoms with Gasteiger partial charge in [-0.2, -0.15) is 0 Å². The Labute approximate surface area is 179 Å². The normalized spacial score (nSPS) is 21.1. The molecular weight excluding hydrogens is 374 g/mol. The van der Waals surface area contributed by atoms with Crippen molar-refractivity contribution in [2.24, 2.45) is 5.92 Å². The number of amides is 1. The number of hydrogen-bond donors (Lipinski definition) is 0. The minimum Gasteiger partial charge on any atom is -0.341 e. The van der Waals surface area contributed by atoms with Crippen molar-refractivity contribution in [1.29, 1.82) is 0 Å². The van der Waals surface area contributed by atoms with E-state index in [9.17, 15) is 4.79 Å². The molecule has 2 fully saturated rings. The molecule has 1 aromatic carbocycles. The molecular formula is C24H33N5O. The molecule has 0 unspecified atom stereocenters. The minimum atomic E-state index is 0.154. The van der Waals surface area contributed by atoms with Gasteiger partial charge in [0.25, 0.3) is 0 Å². The summed E-state index contributed by atoms with van der Waals surface area (Å²) in [5, 5.41) is 0. The molecule has 1 amide bonds. The number of aromatic nitrogens is 2. The Morgan fingerprint density at radius 3 is 2.33 bits per heavy atom. The van der Waals surface area contributed by atoms with Crippen LogP contribution in [0.5, 0.6) is 0 Å². The first-order chi connectivity index (χ1) is 14.5. The number of piperazine rings is 1. The molecule has 6 nitrogen and oxygen atoms in total. The fourth-order valence-electron chi connectivity index (χ4n) is 4.73. The number of likely N-dealkylation sites (N-methyl/N-ethyl adjacent to an activating group) is 1. The number of carbonyl (C=O) groups excluding carboxylic acids is 1. The zero-order valence-corrected chi connectivity index (χ0v) is 18.4. The summed E-state index contributed by atoms with van der Waals surface area (Å²) in [5.74, 6) is 1.58. The monoisotopic (exact) mass is 407 g/mol. The van der Waals surface area contributed by atoms with Crippen LogP contribution < -0.4 is 4.90 Å². The quantitative estimate of drug-likeness (QED) is 0.779. The summed E-state index contributed by atoms with van der Waals surface area (Å²) in [5.41, 5.74) is 3.26. The van der Waals surface area contributed by atoms with Crippen LogP contribution in [-0.4, -0.2) is 65.4 Å². The molecule has 2 aliphatic rings.